The highest BCUT2D eigenvalue weighted by molar-refractivity contribution is 7.99. The Morgan fingerprint density at radius 2 is 2.12 bits per heavy atom. The number of nitrogens with two attached hydrogens (primary N) is 1. The number of aliphatic hydroxyl groups is 1. The van der Waals surface area contributed by atoms with Gasteiger partial charge in [0.1, 0.15) is 17.9 Å². The molecule has 1 aromatic rings. The van der Waals surface area contributed by atoms with Crippen molar-refractivity contribution >= 4 is 34.9 Å². The Morgan fingerprint density at radius 1 is 1.38 bits per heavy atom. The number of hydrogen-bond donors (Lipinski definition) is 3. The SMILES string of the molecule is CCSc1nc(Cl)c(N)c(N[C@@H]2C[C@H](OCCO)C3OC(C)(C)OC32)n1. The van der Waals surface area contributed by atoms with Gasteiger partial charge >= 0.3 is 0 Å². The number of aromatic nitrogens is 2. The molecule has 0 aromatic carbocycles. The number of hydrogen-bond acceptors (Lipinski definition) is 9. The maximum absolute atomic E-state index is 9.06. The molecule has 0 amide bonds. The normalized spacial score (nSPS) is 29.7. The van der Waals surface area contributed by atoms with Crippen LogP contribution in [0.25, 0.3) is 0 Å². The third-order valence-electron chi connectivity index (χ3n) is 4.31. The molecule has 2 unspecified atom stereocenters. The lowest BCUT2D eigenvalue weighted by atomic mass is 10.2. The molecule has 0 radical (unpaired) electrons. The highest BCUT2D eigenvalue weighted by atomic mass is 35.5. The van der Waals surface area contributed by atoms with E-state index in [-0.39, 0.29) is 42.7 Å². The van der Waals surface area contributed by atoms with E-state index in [0.29, 0.717) is 23.1 Å². The van der Waals surface area contributed by atoms with Crippen LogP contribution in [0.4, 0.5) is 11.5 Å². The van der Waals surface area contributed by atoms with Crippen molar-refractivity contribution < 1.29 is 19.3 Å². The second-order valence-electron chi connectivity index (χ2n) is 6.68. The van der Waals surface area contributed by atoms with Crippen LogP contribution in [0, 0.1) is 0 Å². The van der Waals surface area contributed by atoms with Gasteiger partial charge < -0.3 is 30.4 Å². The van der Waals surface area contributed by atoms with E-state index in [1.54, 1.807) is 0 Å². The van der Waals surface area contributed by atoms with E-state index in [0.717, 1.165) is 5.75 Å². The van der Waals surface area contributed by atoms with Gasteiger partial charge in [-0.3, -0.25) is 0 Å². The highest BCUT2D eigenvalue weighted by Crippen LogP contribution is 2.41. The van der Waals surface area contributed by atoms with Crippen molar-refractivity contribution in [2.75, 3.05) is 30.0 Å². The van der Waals surface area contributed by atoms with Gasteiger partial charge in [-0.1, -0.05) is 30.3 Å². The number of nitrogens with one attached hydrogen (secondary N) is 1. The highest BCUT2D eigenvalue weighted by Gasteiger charge is 2.54. The van der Waals surface area contributed by atoms with E-state index >= 15 is 0 Å². The van der Waals surface area contributed by atoms with Crippen LogP contribution in [0.15, 0.2) is 5.16 Å². The summed E-state index contributed by atoms with van der Waals surface area (Å²) in [5, 5.41) is 13.2. The Balaban J connectivity index is 1.80. The van der Waals surface area contributed by atoms with Crippen molar-refractivity contribution in [2.45, 2.75) is 62.5 Å². The van der Waals surface area contributed by atoms with E-state index in [4.69, 9.17) is 36.7 Å². The topological polar surface area (TPSA) is 112 Å². The molecule has 2 heterocycles. The minimum absolute atomic E-state index is 0.0394. The summed E-state index contributed by atoms with van der Waals surface area (Å²) in [5.74, 6) is 0.616. The molecular weight excluding hydrogens is 380 g/mol. The Labute approximate surface area is 162 Å². The minimum Gasteiger partial charge on any atom is -0.394 e. The zero-order chi connectivity index (χ0) is 18.9. The molecule has 1 aliphatic carbocycles. The number of anilines is 2. The van der Waals surface area contributed by atoms with Gasteiger partial charge in [0.15, 0.2) is 21.9 Å². The summed E-state index contributed by atoms with van der Waals surface area (Å²) in [6, 6.07) is -0.113. The molecule has 3 rings (SSSR count). The van der Waals surface area contributed by atoms with E-state index in [2.05, 4.69) is 15.3 Å². The number of rotatable bonds is 7. The van der Waals surface area contributed by atoms with Gasteiger partial charge in [-0.2, -0.15) is 0 Å². The lowest BCUT2D eigenvalue weighted by Crippen LogP contribution is -2.35. The lowest BCUT2D eigenvalue weighted by Gasteiger charge is -2.24. The van der Waals surface area contributed by atoms with Gasteiger partial charge in [-0.25, -0.2) is 9.97 Å². The van der Waals surface area contributed by atoms with Crippen LogP contribution in [0.5, 0.6) is 0 Å². The molecule has 146 valence electrons. The van der Waals surface area contributed by atoms with Gasteiger partial charge in [0, 0.05) is 0 Å². The van der Waals surface area contributed by atoms with E-state index < -0.39 is 5.79 Å². The van der Waals surface area contributed by atoms with Crippen molar-refractivity contribution in [1.82, 2.24) is 9.97 Å². The van der Waals surface area contributed by atoms with Crippen LogP contribution in [0.1, 0.15) is 27.2 Å². The molecule has 0 bridgehead atoms. The monoisotopic (exact) mass is 404 g/mol. The fourth-order valence-corrected chi connectivity index (χ4v) is 4.13. The first-order valence-corrected chi connectivity index (χ1v) is 10.0. The molecule has 8 nitrogen and oxygen atoms in total. The van der Waals surface area contributed by atoms with Crippen LogP contribution in [-0.2, 0) is 14.2 Å². The molecule has 1 saturated heterocycles. The molecule has 10 heteroatoms. The lowest BCUT2D eigenvalue weighted by molar-refractivity contribution is -0.167. The second-order valence-corrected chi connectivity index (χ2v) is 8.27. The van der Waals surface area contributed by atoms with Crippen LogP contribution in [0.3, 0.4) is 0 Å². The van der Waals surface area contributed by atoms with Crippen LogP contribution >= 0.6 is 23.4 Å². The molecule has 0 spiro atoms. The first-order chi connectivity index (χ1) is 12.3. The summed E-state index contributed by atoms with van der Waals surface area (Å²) in [6.07, 6.45) is 0.0125. The zero-order valence-electron chi connectivity index (χ0n) is 15.1. The standard InChI is InChI=1S/C16H25ClN4O4S/c1-4-26-15-20-13(17)10(18)14(21-15)19-8-7-9(23-6-5-22)12-11(8)24-16(2,3)25-12/h8-9,11-12,22H,4-7,18H2,1-3H3,(H,19,20,21)/t8-,9+,11?,12?/m1/s1. The predicted molar refractivity (Wildman–Crippen MR) is 101 cm³/mol. The van der Waals surface area contributed by atoms with Crippen molar-refractivity contribution in [3.05, 3.63) is 5.15 Å². The van der Waals surface area contributed by atoms with Crippen LogP contribution < -0.4 is 11.1 Å². The summed E-state index contributed by atoms with van der Waals surface area (Å²) in [7, 11) is 0. The second kappa shape index (κ2) is 8.04. The van der Waals surface area contributed by atoms with Gasteiger partial charge in [-0.15, -0.1) is 0 Å². The first kappa shape index (κ1) is 19.9. The third-order valence-corrected chi connectivity index (χ3v) is 5.33. The molecule has 2 fully saturated rings. The molecule has 1 aromatic heterocycles. The summed E-state index contributed by atoms with van der Waals surface area (Å²) in [4.78, 5) is 8.66. The predicted octanol–water partition coefficient (Wildman–Crippen LogP) is 1.91. The Hall–Kier alpha value is -0.840. The smallest absolute Gasteiger partial charge is 0.191 e. The molecule has 1 aliphatic heterocycles. The quantitative estimate of drug-likeness (QED) is 0.356. The van der Waals surface area contributed by atoms with Crippen molar-refractivity contribution in [1.29, 1.82) is 0 Å². The minimum atomic E-state index is -0.700. The fraction of sp³-hybridized carbons (Fsp3) is 0.750. The summed E-state index contributed by atoms with van der Waals surface area (Å²) >= 11 is 7.65. The van der Waals surface area contributed by atoms with E-state index in [1.807, 2.05) is 20.8 Å². The van der Waals surface area contributed by atoms with Crippen LogP contribution in [-0.4, -0.2) is 64.2 Å². The van der Waals surface area contributed by atoms with Crippen LogP contribution in [0.2, 0.25) is 5.15 Å². The Kier molecular flexibility index (Phi) is 6.15. The average Bonchev–Trinajstić information content (AvgIpc) is 3.04. The Bertz CT molecular complexity index is 651. The van der Waals surface area contributed by atoms with E-state index in [9.17, 15) is 0 Å². The van der Waals surface area contributed by atoms with Gasteiger partial charge in [0.25, 0.3) is 0 Å². The average molecular weight is 405 g/mol. The molecule has 1 saturated carbocycles. The number of halogens is 1. The zero-order valence-corrected chi connectivity index (χ0v) is 16.6. The van der Waals surface area contributed by atoms with Gasteiger partial charge in [0.2, 0.25) is 0 Å². The number of fused-ring (bicyclic) bond motifs is 1. The summed E-state index contributed by atoms with van der Waals surface area (Å²) < 4.78 is 17.8. The fourth-order valence-electron chi connectivity index (χ4n) is 3.34. The number of nitrogen functional groups attached to an aromatic ring is 1. The number of ether oxygens (including phenoxy) is 3. The van der Waals surface area contributed by atoms with Crippen molar-refractivity contribution in [3.63, 3.8) is 0 Å². The number of nitrogens with zero attached hydrogens (tertiary/aromatic N) is 2. The largest absolute Gasteiger partial charge is 0.394 e. The maximum Gasteiger partial charge on any atom is 0.191 e. The molecular formula is C16H25ClN4O4S. The number of aliphatic hydroxyl groups excluding tert-OH is 1. The molecule has 4 atom stereocenters. The van der Waals surface area contributed by atoms with Gasteiger partial charge in [-0.05, 0) is 26.0 Å². The molecule has 26 heavy (non-hydrogen) atoms. The Morgan fingerprint density at radius 3 is 2.81 bits per heavy atom. The maximum atomic E-state index is 9.06. The third kappa shape index (κ3) is 4.18. The molecule has 2 aliphatic rings. The summed E-state index contributed by atoms with van der Waals surface area (Å²) in [6.45, 7) is 5.97. The van der Waals surface area contributed by atoms with Gasteiger partial charge in [0.05, 0.1) is 25.4 Å². The van der Waals surface area contributed by atoms with E-state index in [1.165, 1.54) is 11.8 Å². The number of thioether (sulfide) groups is 1. The van der Waals surface area contributed by atoms with Crippen molar-refractivity contribution in [2.24, 2.45) is 0 Å². The first-order valence-electron chi connectivity index (χ1n) is 8.65. The molecule has 4 N–H and O–H groups in total. The summed E-state index contributed by atoms with van der Waals surface area (Å²) in [5.41, 5.74) is 6.37. The van der Waals surface area contributed by atoms with Crippen molar-refractivity contribution in [3.8, 4) is 0 Å².